The summed E-state index contributed by atoms with van der Waals surface area (Å²) >= 11 is 0. The van der Waals surface area contributed by atoms with Gasteiger partial charge < -0.3 is 4.90 Å². The Bertz CT molecular complexity index is 593. The Balaban J connectivity index is 3.03. The Morgan fingerprint density at radius 1 is 1.12 bits per heavy atom. The largest absolute Gasteiger partial charge is 0.303 e. The lowest BCUT2D eigenvalue weighted by molar-refractivity contribution is -0.385. The number of ketones is 2. The topological polar surface area (TPSA) is 80.5 Å². The molecule has 0 amide bonds. The van der Waals surface area contributed by atoms with Gasteiger partial charge in [-0.2, -0.15) is 0 Å². The molecule has 1 rings (SSSR count). The van der Waals surface area contributed by atoms with Crippen LogP contribution >= 0.6 is 0 Å². The first-order valence-corrected chi connectivity index (χ1v) is 8.41. The summed E-state index contributed by atoms with van der Waals surface area (Å²) in [4.78, 5) is 36.1. The Labute approximate surface area is 143 Å². The monoisotopic (exact) mass is 334 g/mol. The van der Waals surface area contributed by atoms with Crippen LogP contribution in [0.15, 0.2) is 18.2 Å². The molecule has 132 valence electrons. The zero-order chi connectivity index (χ0) is 18.1. The zero-order valence-electron chi connectivity index (χ0n) is 14.7. The van der Waals surface area contributed by atoms with E-state index in [0.717, 1.165) is 38.0 Å². The first-order valence-electron chi connectivity index (χ1n) is 8.41. The maximum Gasteiger partial charge on any atom is 0.273 e. The molecule has 0 bridgehead atoms. The summed E-state index contributed by atoms with van der Waals surface area (Å²) in [5.74, 6) is -1.16. The first-order chi connectivity index (χ1) is 11.4. The predicted molar refractivity (Wildman–Crippen MR) is 93.2 cm³/mol. The molecule has 0 heterocycles. The molecule has 0 atom stereocenters. The third kappa shape index (κ3) is 5.85. The van der Waals surface area contributed by atoms with E-state index in [1.807, 2.05) is 6.07 Å². The number of nitro groups is 1. The first kappa shape index (κ1) is 20.0. The molecular weight excluding hydrogens is 308 g/mol. The summed E-state index contributed by atoms with van der Waals surface area (Å²) in [6.07, 6.45) is 2.51. The lowest BCUT2D eigenvalue weighted by Crippen LogP contribution is -2.28. The molecule has 6 nitrogen and oxygen atoms in total. The highest BCUT2D eigenvalue weighted by atomic mass is 16.6. The van der Waals surface area contributed by atoms with E-state index in [-0.39, 0.29) is 12.1 Å². The molecule has 0 aromatic heterocycles. The van der Waals surface area contributed by atoms with Crippen LogP contribution in [0.1, 0.15) is 44.7 Å². The van der Waals surface area contributed by atoms with Crippen LogP contribution in [0.5, 0.6) is 0 Å². The molecule has 0 aliphatic rings. The van der Waals surface area contributed by atoms with E-state index in [1.54, 1.807) is 6.07 Å². The Hall–Kier alpha value is -2.08. The van der Waals surface area contributed by atoms with Gasteiger partial charge in [-0.1, -0.05) is 26.0 Å². The standard InChI is InChI=1S/C18H26N2O4/c1-4-10-19(11-5-2)12-9-15-7-6-8-17(20(23)24)16(15)13-18(22)14(3)21/h6-8H,4-5,9-13H2,1-3H3. The number of hydrogen-bond donors (Lipinski definition) is 0. The molecule has 0 radical (unpaired) electrons. The van der Waals surface area contributed by atoms with Crippen molar-refractivity contribution in [3.63, 3.8) is 0 Å². The zero-order valence-corrected chi connectivity index (χ0v) is 14.7. The lowest BCUT2D eigenvalue weighted by atomic mass is 9.96. The summed E-state index contributed by atoms with van der Waals surface area (Å²) in [6.45, 7) is 8.17. The van der Waals surface area contributed by atoms with Crippen LogP contribution in [-0.4, -0.2) is 41.0 Å². The summed E-state index contributed by atoms with van der Waals surface area (Å²) in [5, 5.41) is 11.3. The average molecular weight is 334 g/mol. The van der Waals surface area contributed by atoms with Crippen molar-refractivity contribution in [3.05, 3.63) is 39.4 Å². The molecule has 0 N–H and O–H groups in total. The van der Waals surface area contributed by atoms with Gasteiger partial charge in [-0.15, -0.1) is 0 Å². The summed E-state index contributed by atoms with van der Waals surface area (Å²) in [7, 11) is 0. The molecule has 0 fully saturated rings. The highest BCUT2D eigenvalue weighted by Gasteiger charge is 2.21. The number of rotatable bonds is 11. The molecule has 0 saturated carbocycles. The SMILES string of the molecule is CCCN(CCC)CCc1cccc([N+](=O)[O-])c1CC(=O)C(C)=O. The molecule has 24 heavy (non-hydrogen) atoms. The lowest BCUT2D eigenvalue weighted by Gasteiger charge is -2.21. The van der Waals surface area contributed by atoms with Crippen molar-refractivity contribution >= 4 is 17.3 Å². The maximum atomic E-state index is 11.8. The third-order valence-corrected chi connectivity index (χ3v) is 3.95. The van der Waals surface area contributed by atoms with E-state index in [4.69, 9.17) is 0 Å². The van der Waals surface area contributed by atoms with E-state index in [0.29, 0.717) is 12.0 Å². The average Bonchev–Trinajstić information content (AvgIpc) is 2.53. The van der Waals surface area contributed by atoms with Gasteiger partial charge in [0.05, 0.1) is 4.92 Å². The van der Waals surface area contributed by atoms with Gasteiger partial charge in [-0.05, 0) is 37.9 Å². The fourth-order valence-electron chi connectivity index (χ4n) is 2.76. The number of benzene rings is 1. The minimum absolute atomic E-state index is 0.0837. The molecule has 0 unspecified atom stereocenters. The van der Waals surface area contributed by atoms with Crippen molar-refractivity contribution in [1.82, 2.24) is 4.90 Å². The van der Waals surface area contributed by atoms with Gasteiger partial charge in [-0.3, -0.25) is 19.7 Å². The minimum Gasteiger partial charge on any atom is -0.303 e. The summed E-state index contributed by atoms with van der Waals surface area (Å²) in [6, 6.07) is 4.84. The number of Topliss-reactive ketones (excluding diaryl/α,β-unsaturated/α-hetero) is 2. The molecule has 0 spiro atoms. The van der Waals surface area contributed by atoms with E-state index in [2.05, 4.69) is 18.7 Å². The van der Waals surface area contributed by atoms with Gasteiger partial charge in [0.25, 0.3) is 5.69 Å². The van der Waals surface area contributed by atoms with Gasteiger partial charge in [0, 0.05) is 31.5 Å². The maximum absolute atomic E-state index is 11.8. The number of hydrogen-bond acceptors (Lipinski definition) is 5. The number of carbonyl (C=O) groups excluding carboxylic acids is 2. The molecule has 0 aliphatic carbocycles. The number of carbonyl (C=O) groups is 2. The van der Waals surface area contributed by atoms with Crippen LogP contribution in [0.2, 0.25) is 0 Å². The van der Waals surface area contributed by atoms with E-state index < -0.39 is 16.5 Å². The quantitative estimate of drug-likeness (QED) is 0.353. The fraction of sp³-hybridized carbons (Fsp3) is 0.556. The molecular formula is C18H26N2O4. The summed E-state index contributed by atoms with van der Waals surface area (Å²) in [5.41, 5.74) is 1.06. The van der Waals surface area contributed by atoms with Crippen molar-refractivity contribution in [1.29, 1.82) is 0 Å². The van der Waals surface area contributed by atoms with Crippen LogP contribution in [-0.2, 0) is 22.4 Å². The van der Waals surface area contributed by atoms with E-state index in [9.17, 15) is 19.7 Å². The molecule has 0 saturated heterocycles. The van der Waals surface area contributed by atoms with Gasteiger partial charge >= 0.3 is 0 Å². The molecule has 0 aliphatic heterocycles. The van der Waals surface area contributed by atoms with E-state index >= 15 is 0 Å². The van der Waals surface area contributed by atoms with Gasteiger partial charge in [-0.25, -0.2) is 0 Å². The van der Waals surface area contributed by atoms with Crippen LogP contribution in [0.25, 0.3) is 0 Å². The van der Waals surface area contributed by atoms with Crippen molar-refractivity contribution in [3.8, 4) is 0 Å². The van der Waals surface area contributed by atoms with Crippen molar-refractivity contribution in [2.45, 2.75) is 46.5 Å². The second kappa shape index (κ2) is 9.93. The second-order valence-electron chi connectivity index (χ2n) is 5.92. The highest BCUT2D eigenvalue weighted by molar-refractivity contribution is 6.36. The van der Waals surface area contributed by atoms with Crippen LogP contribution in [0.4, 0.5) is 5.69 Å². The minimum atomic E-state index is -0.593. The second-order valence-corrected chi connectivity index (χ2v) is 5.92. The predicted octanol–water partition coefficient (Wildman–Crippen LogP) is 2.96. The molecule has 1 aromatic carbocycles. The van der Waals surface area contributed by atoms with Crippen LogP contribution in [0.3, 0.4) is 0 Å². The Morgan fingerprint density at radius 2 is 1.75 bits per heavy atom. The Morgan fingerprint density at radius 3 is 2.25 bits per heavy atom. The Kier molecular flexibility index (Phi) is 8.26. The smallest absolute Gasteiger partial charge is 0.273 e. The third-order valence-electron chi connectivity index (χ3n) is 3.95. The summed E-state index contributed by atoms with van der Waals surface area (Å²) < 4.78 is 0. The van der Waals surface area contributed by atoms with E-state index in [1.165, 1.54) is 13.0 Å². The highest BCUT2D eigenvalue weighted by Crippen LogP contribution is 2.24. The fourth-order valence-corrected chi connectivity index (χ4v) is 2.76. The van der Waals surface area contributed by atoms with Gasteiger partial charge in [0.2, 0.25) is 5.78 Å². The van der Waals surface area contributed by atoms with Gasteiger partial charge in [0.1, 0.15) is 0 Å². The number of nitro benzene ring substituents is 1. The van der Waals surface area contributed by atoms with Crippen molar-refractivity contribution in [2.24, 2.45) is 0 Å². The molecule has 1 aromatic rings. The van der Waals surface area contributed by atoms with Crippen LogP contribution < -0.4 is 0 Å². The normalized spacial score (nSPS) is 10.8. The van der Waals surface area contributed by atoms with Crippen molar-refractivity contribution < 1.29 is 14.5 Å². The number of nitrogens with zero attached hydrogens (tertiary/aromatic N) is 2. The van der Waals surface area contributed by atoms with Gasteiger partial charge in [0.15, 0.2) is 5.78 Å². The van der Waals surface area contributed by atoms with Crippen molar-refractivity contribution in [2.75, 3.05) is 19.6 Å². The van der Waals surface area contributed by atoms with Crippen LogP contribution in [0, 0.1) is 10.1 Å². The molecule has 6 heteroatoms.